The number of amides is 1. The minimum absolute atomic E-state index is 0.182. The molecule has 1 amide bonds. The maximum Gasteiger partial charge on any atom is 0.244 e. The lowest BCUT2D eigenvalue weighted by Crippen LogP contribution is -2.23. The van der Waals surface area contributed by atoms with Crippen molar-refractivity contribution >= 4 is 23.6 Å². The number of ether oxygens (including phenoxy) is 2. The van der Waals surface area contributed by atoms with Crippen LogP contribution in [0.1, 0.15) is 18.2 Å². The highest BCUT2D eigenvalue weighted by Crippen LogP contribution is 2.36. The number of halogens is 1. The zero-order valence-electron chi connectivity index (χ0n) is 13.6. The van der Waals surface area contributed by atoms with E-state index in [0.717, 1.165) is 11.3 Å². The van der Waals surface area contributed by atoms with Gasteiger partial charge in [0.1, 0.15) is 0 Å². The Morgan fingerprint density at radius 2 is 2.29 bits per heavy atom. The van der Waals surface area contributed by atoms with Crippen LogP contribution in [0.5, 0.6) is 11.5 Å². The van der Waals surface area contributed by atoms with Crippen molar-refractivity contribution in [2.45, 2.75) is 13.3 Å². The number of aromatic nitrogens is 2. The van der Waals surface area contributed by atoms with Crippen LogP contribution in [0.25, 0.3) is 6.08 Å². The van der Waals surface area contributed by atoms with Crippen molar-refractivity contribution in [1.82, 2.24) is 15.3 Å². The zero-order chi connectivity index (χ0) is 17.4. The lowest BCUT2D eigenvalue weighted by atomic mass is 10.2. The Kier molecular flexibility index (Phi) is 6.69. The van der Waals surface area contributed by atoms with Crippen molar-refractivity contribution in [2.75, 3.05) is 20.3 Å². The Balaban J connectivity index is 1.95. The van der Waals surface area contributed by atoms with Crippen LogP contribution in [-0.4, -0.2) is 36.1 Å². The molecule has 1 heterocycles. The number of nitrogens with one attached hydrogen (secondary N) is 2. The predicted molar refractivity (Wildman–Crippen MR) is 93.5 cm³/mol. The van der Waals surface area contributed by atoms with Crippen molar-refractivity contribution in [3.8, 4) is 11.5 Å². The van der Waals surface area contributed by atoms with Crippen LogP contribution in [0.15, 0.2) is 30.7 Å². The molecule has 0 saturated heterocycles. The first-order valence-electron chi connectivity index (χ1n) is 7.57. The first kappa shape index (κ1) is 17.9. The van der Waals surface area contributed by atoms with E-state index in [2.05, 4.69) is 15.3 Å². The summed E-state index contributed by atoms with van der Waals surface area (Å²) in [4.78, 5) is 18.7. The molecule has 0 atom stereocenters. The molecule has 0 spiro atoms. The van der Waals surface area contributed by atoms with Crippen molar-refractivity contribution < 1.29 is 14.3 Å². The average molecular weight is 350 g/mol. The molecule has 24 heavy (non-hydrogen) atoms. The molecular weight excluding hydrogens is 330 g/mol. The average Bonchev–Trinajstić information content (AvgIpc) is 3.08. The summed E-state index contributed by atoms with van der Waals surface area (Å²) in [5, 5.41) is 3.24. The quantitative estimate of drug-likeness (QED) is 0.718. The maximum absolute atomic E-state index is 11.8. The number of aromatic amines is 1. The molecular formula is C17H20ClN3O3. The number of benzene rings is 1. The van der Waals surface area contributed by atoms with Gasteiger partial charge in [0.2, 0.25) is 5.91 Å². The molecule has 128 valence electrons. The number of hydrogen-bond donors (Lipinski definition) is 2. The van der Waals surface area contributed by atoms with Gasteiger partial charge >= 0.3 is 0 Å². The zero-order valence-corrected chi connectivity index (χ0v) is 14.4. The molecule has 6 nitrogen and oxygen atoms in total. The number of carbonyl (C=O) groups is 1. The Labute approximate surface area is 145 Å². The normalized spacial score (nSPS) is 10.8. The highest BCUT2D eigenvalue weighted by atomic mass is 35.5. The molecule has 0 aliphatic rings. The summed E-state index contributed by atoms with van der Waals surface area (Å²) in [5.41, 5.74) is 1.73. The van der Waals surface area contributed by atoms with Gasteiger partial charge in [0.15, 0.2) is 11.5 Å². The van der Waals surface area contributed by atoms with Gasteiger partial charge in [-0.1, -0.05) is 11.6 Å². The fraction of sp³-hybridized carbons (Fsp3) is 0.294. The summed E-state index contributed by atoms with van der Waals surface area (Å²) in [6.07, 6.45) is 7.17. The van der Waals surface area contributed by atoms with Gasteiger partial charge in [-0.2, -0.15) is 0 Å². The number of methoxy groups -OCH3 is 1. The summed E-state index contributed by atoms with van der Waals surface area (Å²) in [6.45, 7) is 2.89. The molecule has 0 unspecified atom stereocenters. The minimum atomic E-state index is -0.182. The molecule has 1 aromatic carbocycles. The molecule has 2 rings (SSSR count). The summed E-state index contributed by atoms with van der Waals surface area (Å²) in [6, 6.07) is 3.49. The van der Waals surface area contributed by atoms with Crippen molar-refractivity contribution in [1.29, 1.82) is 0 Å². The Hall–Kier alpha value is -2.47. The number of hydrogen-bond acceptors (Lipinski definition) is 4. The number of nitrogens with zero attached hydrogens (tertiary/aromatic N) is 1. The fourth-order valence-corrected chi connectivity index (χ4v) is 2.37. The van der Waals surface area contributed by atoms with Crippen LogP contribution in [0.2, 0.25) is 5.02 Å². The molecule has 2 N–H and O–H groups in total. The first-order chi connectivity index (χ1) is 11.6. The topological polar surface area (TPSA) is 76.2 Å². The van der Waals surface area contributed by atoms with Gasteiger partial charge in [-0.3, -0.25) is 4.79 Å². The number of carbonyl (C=O) groups excluding carboxylic acids is 1. The monoisotopic (exact) mass is 349 g/mol. The number of imidazole rings is 1. The Bertz CT molecular complexity index is 699. The van der Waals surface area contributed by atoms with Crippen molar-refractivity contribution in [3.63, 3.8) is 0 Å². The Morgan fingerprint density at radius 1 is 1.46 bits per heavy atom. The molecule has 1 aromatic heterocycles. The van der Waals surface area contributed by atoms with E-state index in [9.17, 15) is 4.79 Å². The second kappa shape index (κ2) is 8.98. The molecule has 0 fully saturated rings. The van der Waals surface area contributed by atoms with E-state index in [4.69, 9.17) is 21.1 Å². The number of rotatable bonds is 8. The van der Waals surface area contributed by atoms with Crippen LogP contribution in [0.3, 0.4) is 0 Å². The molecule has 7 heteroatoms. The third-order valence-corrected chi connectivity index (χ3v) is 3.50. The van der Waals surface area contributed by atoms with Gasteiger partial charge in [0.25, 0.3) is 0 Å². The summed E-state index contributed by atoms with van der Waals surface area (Å²) < 4.78 is 10.7. The van der Waals surface area contributed by atoms with Gasteiger partial charge in [-0.05, 0) is 30.7 Å². The van der Waals surface area contributed by atoms with Crippen molar-refractivity contribution in [3.05, 3.63) is 47.0 Å². The molecule has 0 saturated carbocycles. The van der Waals surface area contributed by atoms with E-state index in [0.29, 0.717) is 36.1 Å². The second-order valence-corrected chi connectivity index (χ2v) is 5.33. The molecule has 0 radical (unpaired) electrons. The number of H-pyrrole nitrogens is 1. The first-order valence-corrected chi connectivity index (χ1v) is 7.95. The summed E-state index contributed by atoms with van der Waals surface area (Å²) in [5.74, 6) is 0.852. The standard InChI is InChI=1S/C17H20ClN3O3/c1-3-24-17-14(18)8-12(9-15(17)23-2)4-5-16(22)20-7-6-13-10-19-11-21-13/h4-5,8-11H,3,6-7H2,1-2H3,(H,19,21)(H,20,22)/b5-4+. The van der Waals surface area contributed by atoms with Crippen LogP contribution in [0, 0.1) is 0 Å². The van der Waals surface area contributed by atoms with Gasteiger partial charge < -0.3 is 19.8 Å². The van der Waals surface area contributed by atoms with Crippen LogP contribution in [0.4, 0.5) is 0 Å². The van der Waals surface area contributed by atoms with Gasteiger partial charge in [-0.15, -0.1) is 0 Å². The van der Waals surface area contributed by atoms with Crippen LogP contribution >= 0.6 is 11.6 Å². The highest BCUT2D eigenvalue weighted by molar-refractivity contribution is 6.32. The molecule has 0 aliphatic carbocycles. The summed E-state index contributed by atoms with van der Waals surface area (Å²) >= 11 is 6.20. The second-order valence-electron chi connectivity index (χ2n) is 4.92. The summed E-state index contributed by atoms with van der Waals surface area (Å²) in [7, 11) is 1.55. The third-order valence-electron chi connectivity index (χ3n) is 3.22. The third kappa shape index (κ3) is 5.03. The maximum atomic E-state index is 11.8. The van der Waals surface area contributed by atoms with E-state index in [1.807, 2.05) is 6.92 Å². The van der Waals surface area contributed by atoms with E-state index >= 15 is 0 Å². The predicted octanol–water partition coefficient (Wildman–Crippen LogP) is 2.84. The van der Waals surface area contributed by atoms with E-state index in [1.54, 1.807) is 37.8 Å². The molecule has 2 aromatic rings. The van der Waals surface area contributed by atoms with Gasteiger partial charge in [0, 0.05) is 30.9 Å². The van der Waals surface area contributed by atoms with E-state index < -0.39 is 0 Å². The molecule has 0 bridgehead atoms. The van der Waals surface area contributed by atoms with Gasteiger partial charge in [0.05, 0.1) is 25.1 Å². The lowest BCUT2D eigenvalue weighted by Gasteiger charge is -2.11. The lowest BCUT2D eigenvalue weighted by molar-refractivity contribution is -0.116. The fourth-order valence-electron chi connectivity index (χ4n) is 2.09. The van der Waals surface area contributed by atoms with E-state index in [1.165, 1.54) is 6.08 Å². The SMILES string of the molecule is CCOc1c(Cl)cc(/C=C/C(=O)NCCc2cnc[nH]2)cc1OC. The highest BCUT2D eigenvalue weighted by Gasteiger charge is 2.10. The van der Waals surface area contributed by atoms with Crippen molar-refractivity contribution in [2.24, 2.45) is 0 Å². The minimum Gasteiger partial charge on any atom is -0.493 e. The largest absolute Gasteiger partial charge is 0.493 e. The Morgan fingerprint density at radius 3 is 2.96 bits per heavy atom. The smallest absolute Gasteiger partial charge is 0.244 e. The van der Waals surface area contributed by atoms with Gasteiger partial charge in [-0.25, -0.2) is 4.98 Å². The van der Waals surface area contributed by atoms with Crippen LogP contribution in [-0.2, 0) is 11.2 Å². The van der Waals surface area contributed by atoms with E-state index in [-0.39, 0.29) is 5.91 Å². The van der Waals surface area contributed by atoms with Crippen LogP contribution < -0.4 is 14.8 Å². The molecule has 0 aliphatic heterocycles.